The number of carbonyl (C=O) groups is 1. The van der Waals surface area contributed by atoms with Crippen molar-refractivity contribution in [3.05, 3.63) is 18.2 Å². The normalized spacial score (nSPS) is 12.2. The van der Waals surface area contributed by atoms with Crippen LogP contribution in [0.2, 0.25) is 0 Å². The molecule has 0 radical (unpaired) electrons. The smallest absolute Gasteiger partial charge is 0.243 e. The second kappa shape index (κ2) is 7.58. The van der Waals surface area contributed by atoms with E-state index in [4.69, 9.17) is 0 Å². The number of hydrogen-bond donors (Lipinski definition) is 1. The van der Waals surface area contributed by atoms with E-state index in [0.717, 1.165) is 4.70 Å². The number of thiazole rings is 1. The Morgan fingerprint density at radius 2 is 1.96 bits per heavy atom. The van der Waals surface area contributed by atoms with E-state index in [2.05, 4.69) is 10.3 Å². The molecule has 0 fully saturated rings. The molecule has 0 spiro atoms. The number of benzene rings is 1. The number of aromatic nitrogens is 1. The molecule has 2 rings (SSSR count). The molecule has 0 aliphatic heterocycles. The lowest BCUT2D eigenvalue weighted by Gasteiger charge is -2.18. The van der Waals surface area contributed by atoms with Crippen LogP contribution in [-0.2, 0) is 14.8 Å². The van der Waals surface area contributed by atoms with Gasteiger partial charge in [0.25, 0.3) is 0 Å². The van der Waals surface area contributed by atoms with Gasteiger partial charge in [0.1, 0.15) is 0 Å². The third kappa shape index (κ3) is 4.12. The van der Waals surface area contributed by atoms with Crippen LogP contribution < -0.4 is 5.32 Å². The number of rotatable bonds is 7. The Balaban J connectivity index is 2.30. The first kappa shape index (κ1) is 18.8. The third-order valence-corrected chi connectivity index (χ3v) is 6.52. The molecular formula is C16H23N3O3S2. The maximum Gasteiger partial charge on any atom is 0.243 e. The van der Waals surface area contributed by atoms with E-state index in [1.54, 1.807) is 18.2 Å². The summed E-state index contributed by atoms with van der Waals surface area (Å²) in [6.07, 6.45) is 0.428. The number of carbonyl (C=O) groups excluding carboxylic acids is 1. The molecule has 2 aromatic rings. The summed E-state index contributed by atoms with van der Waals surface area (Å²) in [5.41, 5.74) is 0.679. The fourth-order valence-electron chi connectivity index (χ4n) is 2.37. The summed E-state index contributed by atoms with van der Waals surface area (Å²) >= 11 is 1.28. The highest BCUT2D eigenvalue weighted by Gasteiger charge is 2.22. The maximum atomic E-state index is 12.6. The van der Waals surface area contributed by atoms with Gasteiger partial charge in [0.05, 0.1) is 15.1 Å². The fraction of sp³-hybridized carbons (Fsp3) is 0.500. The molecule has 1 amide bonds. The Hall–Kier alpha value is -1.51. The lowest BCUT2D eigenvalue weighted by Crippen LogP contribution is -2.30. The average molecular weight is 370 g/mol. The first-order chi connectivity index (χ1) is 11.3. The van der Waals surface area contributed by atoms with Crippen LogP contribution in [0.25, 0.3) is 10.2 Å². The van der Waals surface area contributed by atoms with E-state index >= 15 is 0 Å². The van der Waals surface area contributed by atoms with Crippen molar-refractivity contribution in [2.45, 2.75) is 39.0 Å². The van der Waals surface area contributed by atoms with E-state index in [1.165, 1.54) is 15.6 Å². The number of anilines is 1. The van der Waals surface area contributed by atoms with Crippen molar-refractivity contribution in [3.8, 4) is 0 Å². The molecule has 0 atom stereocenters. The van der Waals surface area contributed by atoms with Gasteiger partial charge in [-0.05, 0) is 24.1 Å². The van der Waals surface area contributed by atoms with Crippen molar-refractivity contribution >= 4 is 42.6 Å². The van der Waals surface area contributed by atoms with E-state index in [9.17, 15) is 13.2 Å². The number of sulfonamides is 1. The molecule has 8 heteroatoms. The molecule has 132 valence electrons. The number of nitrogens with zero attached hydrogens (tertiary/aromatic N) is 2. The minimum absolute atomic E-state index is 0.0833. The Labute approximate surface area is 146 Å². The van der Waals surface area contributed by atoms with Gasteiger partial charge >= 0.3 is 0 Å². The second-order valence-electron chi connectivity index (χ2n) is 5.88. The summed E-state index contributed by atoms with van der Waals surface area (Å²) in [5, 5.41) is 3.27. The first-order valence-corrected chi connectivity index (χ1v) is 10.2. The largest absolute Gasteiger partial charge is 0.302 e. The minimum Gasteiger partial charge on any atom is -0.302 e. The lowest BCUT2D eigenvalue weighted by atomic mass is 10.1. The SMILES string of the molecule is CCN(CC)S(=O)(=O)c1ccc2nc(NC(=O)CC(C)C)sc2c1. The quantitative estimate of drug-likeness (QED) is 0.812. The first-order valence-electron chi connectivity index (χ1n) is 7.98. The van der Waals surface area contributed by atoms with Crippen LogP contribution >= 0.6 is 11.3 Å². The summed E-state index contributed by atoms with van der Waals surface area (Å²) in [6.45, 7) is 8.43. The predicted molar refractivity (Wildman–Crippen MR) is 97.8 cm³/mol. The second-order valence-corrected chi connectivity index (χ2v) is 8.85. The molecule has 0 bridgehead atoms. The molecule has 0 aliphatic carbocycles. The standard InChI is InChI=1S/C16H23N3O3S2/c1-5-19(6-2)24(21,22)12-7-8-13-14(10-12)23-16(17-13)18-15(20)9-11(3)4/h7-8,10-11H,5-6,9H2,1-4H3,(H,17,18,20). The number of nitrogens with one attached hydrogen (secondary N) is 1. The molecule has 1 N–H and O–H groups in total. The molecule has 0 unspecified atom stereocenters. The summed E-state index contributed by atoms with van der Waals surface area (Å²) in [5.74, 6) is 0.185. The van der Waals surface area contributed by atoms with Gasteiger partial charge in [-0.25, -0.2) is 13.4 Å². The maximum absolute atomic E-state index is 12.6. The van der Waals surface area contributed by atoms with E-state index in [1.807, 2.05) is 27.7 Å². The molecule has 1 aromatic carbocycles. The van der Waals surface area contributed by atoms with Crippen LogP contribution in [0.4, 0.5) is 5.13 Å². The molecular weight excluding hydrogens is 346 g/mol. The molecule has 0 aliphatic rings. The fourth-order valence-corrected chi connectivity index (χ4v) is 4.85. The average Bonchev–Trinajstić information content (AvgIpc) is 2.88. The Morgan fingerprint density at radius 3 is 2.54 bits per heavy atom. The zero-order valence-corrected chi connectivity index (χ0v) is 16.0. The molecule has 6 nitrogen and oxygen atoms in total. The van der Waals surface area contributed by atoms with Crippen LogP contribution in [0.3, 0.4) is 0 Å². The summed E-state index contributed by atoms with van der Waals surface area (Å²) in [4.78, 5) is 16.4. The van der Waals surface area contributed by atoms with Crippen molar-refractivity contribution in [3.63, 3.8) is 0 Å². The number of hydrogen-bond acceptors (Lipinski definition) is 5. The highest BCUT2D eigenvalue weighted by Crippen LogP contribution is 2.29. The van der Waals surface area contributed by atoms with Crippen molar-refractivity contribution in [1.82, 2.24) is 9.29 Å². The zero-order chi connectivity index (χ0) is 17.9. The third-order valence-electron chi connectivity index (χ3n) is 3.54. The number of fused-ring (bicyclic) bond motifs is 1. The molecule has 24 heavy (non-hydrogen) atoms. The van der Waals surface area contributed by atoms with Crippen LogP contribution in [0, 0.1) is 5.92 Å². The Morgan fingerprint density at radius 1 is 1.29 bits per heavy atom. The van der Waals surface area contributed by atoms with Gasteiger partial charge in [0.15, 0.2) is 5.13 Å². The van der Waals surface area contributed by atoms with Gasteiger partial charge in [0.2, 0.25) is 15.9 Å². The molecule has 1 aromatic heterocycles. The zero-order valence-electron chi connectivity index (χ0n) is 14.4. The van der Waals surface area contributed by atoms with Crippen molar-refractivity contribution < 1.29 is 13.2 Å². The minimum atomic E-state index is -3.50. The highest BCUT2D eigenvalue weighted by atomic mass is 32.2. The van der Waals surface area contributed by atoms with Crippen molar-refractivity contribution in [2.75, 3.05) is 18.4 Å². The summed E-state index contributed by atoms with van der Waals surface area (Å²) in [6, 6.07) is 4.87. The molecule has 0 saturated carbocycles. The van der Waals surface area contributed by atoms with Crippen LogP contribution in [0.1, 0.15) is 34.1 Å². The van der Waals surface area contributed by atoms with Gasteiger partial charge in [-0.2, -0.15) is 4.31 Å². The van der Waals surface area contributed by atoms with Gasteiger partial charge in [-0.15, -0.1) is 0 Å². The molecule has 1 heterocycles. The topological polar surface area (TPSA) is 79.4 Å². The molecule has 0 saturated heterocycles. The summed E-state index contributed by atoms with van der Waals surface area (Å²) < 4.78 is 27.3. The lowest BCUT2D eigenvalue weighted by molar-refractivity contribution is -0.116. The summed E-state index contributed by atoms with van der Waals surface area (Å²) in [7, 11) is -3.50. The van der Waals surface area contributed by atoms with E-state index in [0.29, 0.717) is 30.2 Å². The van der Waals surface area contributed by atoms with Gasteiger partial charge in [-0.3, -0.25) is 4.79 Å². The van der Waals surface area contributed by atoms with E-state index < -0.39 is 10.0 Å². The van der Waals surface area contributed by atoms with E-state index in [-0.39, 0.29) is 16.7 Å². The van der Waals surface area contributed by atoms with Gasteiger partial charge in [-0.1, -0.05) is 39.0 Å². The van der Waals surface area contributed by atoms with Crippen LogP contribution in [0.5, 0.6) is 0 Å². The van der Waals surface area contributed by atoms with Gasteiger partial charge < -0.3 is 5.32 Å². The van der Waals surface area contributed by atoms with Crippen LogP contribution in [0.15, 0.2) is 23.1 Å². The van der Waals surface area contributed by atoms with Crippen LogP contribution in [-0.4, -0.2) is 36.7 Å². The Kier molecular flexibility index (Phi) is 5.95. The Bertz CT molecular complexity index is 824. The number of amides is 1. The van der Waals surface area contributed by atoms with Crippen molar-refractivity contribution in [1.29, 1.82) is 0 Å². The highest BCUT2D eigenvalue weighted by molar-refractivity contribution is 7.89. The van der Waals surface area contributed by atoms with Gasteiger partial charge in [0, 0.05) is 19.5 Å². The predicted octanol–water partition coefficient (Wildman–Crippen LogP) is 3.31. The van der Waals surface area contributed by atoms with Crippen molar-refractivity contribution in [2.24, 2.45) is 5.92 Å². The monoisotopic (exact) mass is 369 g/mol.